The van der Waals surface area contributed by atoms with Crippen molar-refractivity contribution in [1.82, 2.24) is 5.32 Å². The molecular weight excluding hydrogens is 334 g/mol. The summed E-state index contributed by atoms with van der Waals surface area (Å²) in [5.41, 5.74) is 0.822. The first kappa shape index (κ1) is 16.9. The van der Waals surface area contributed by atoms with Crippen LogP contribution in [0.15, 0.2) is 12.1 Å². The van der Waals surface area contributed by atoms with Crippen LogP contribution in [-0.4, -0.2) is 30.2 Å². The van der Waals surface area contributed by atoms with Gasteiger partial charge >= 0.3 is 5.97 Å². The zero-order valence-corrected chi connectivity index (χ0v) is 14.0. The molecule has 2 unspecified atom stereocenters. The monoisotopic (exact) mass is 353 g/mol. The Balaban J connectivity index is 1.60. The van der Waals surface area contributed by atoms with E-state index < -0.39 is 11.9 Å². The van der Waals surface area contributed by atoms with Crippen LogP contribution >= 0.6 is 11.6 Å². The molecule has 0 aromatic heterocycles. The lowest BCUT2D eigenvalue weighted by Gasteiger charge is -2.26. The maximum atomic E-state index is 12.3. The molecule has 1 aliphatic carbocycles. The average Bonchev–Trinajstić information content (AvgIpc) is 2.60. The Morgan fingerprint density at radius 2 is 1.96 bits per heavy atom. The second-order valence-corrected chi connectivity index (χ2v) is 6.63. The molecule has 1 fully saturated rings. The second kappa shape index (κ2) is 7.30. The summed E-state index contributed by atoms with van der Waals surface area (Å²) >= 11 is 6.18. The first-order valence-corrected chi connectivity index (χ1v) is 8.51. The Hall–Kier alpha value is -1.95. The number of aliphatic carboxylic acids is 1. The molecule has 3 rings (SSSR count). The van der Waals surface area contributed by atoms with Gasteiger partial charge in [-0.25, -0.2) is 0 Å². The van der Waals surface area contributed by atoms with Gasteiger partial charge in [-0.3, -0.25) is 9.59 Å². The third-order valence-electron chi connectivity index (χ3n) is 4.52. The first-order valence-electron chi connectivity index (χ1n) is 8.13. The summed E-state index contributed by atoms with van der Waals surface area (Å²) in [7, 11) is 0. The van der Waals surface area contributed by atoms with Crippen molar-refractivity contribution in [1.29, 1.82) is 0 Å². The molecule has 2 N–H and O–H groups in total. The molecule has 0 saturated heterocycles. The molecule has 7 heteroatoms. The Kier molecular flexibility index (Phi) is 5.14. The van der Waals surface area contributed by atoms with Crippen molar-refractivity contribution in [3.8, 4) is 11.5 Å². The highest BCUT2D eigenvalue weighted by Gasteiger charge is 2.30. The standard InChI is InChI=1S/C17H20ClNO5/c18-13-6-10(7-14-15(13)24-5-4-23-14)9-19-16(20)11-2-1-3-12(8-11)17(21)22/h6-7,11-12H,1-5,8-9H2,(H,19,20)(H,21,22). The third-order valence-corrected chi connectivity index (χ3v) is 4.80. The molecule has 1 aliphatic heterocycles. The van der Waals surface area contributed by atoms with Gasteiger partial charge in [0.2, 0.25) is 5.91 Å². The molecular formula is C17H20ClNO5. The van der Waals surface area contributed by atoms with Gasteiger partial charge in [-0.15, -0.1) is 0 Å². The highest BCUT2D eigenvalue weighted by atomic mass is 35.5. The lowest BCUT2D eigenvalue weighted by Crippen LogP contribution is -2.35. The van der Waals surface area contributed by atoms with Crippen molar-refractivity contribution in [2.45, 2.75) is 32.2 Å². The van der Waals surface area contributed by atoms with Crippen LogP contribution in [0.1, 0.15) is 31.2 Å². The van der Waals surface area contributed by atoms with E-state index in [4.69, 9.17) is 26.2 Å². The largest absolute Gasteiger partial charge is 0.486 e. The van der Waals surface area contributed by atoms with Gasteiger partial charge in [0, 0.05) is 12.5 Å². The Bertz CT molecular complexity index is 648. The fourth-order valence-corrected chi connectivity index (χ4v) is 3.54. The third kappa shape index (κ3) is 3.75. The van der Waals surface area contributed by atoms with Crippen LogP contribution in [0.5, 0.6) is 11.5 Å². The molecule has 1 heterocycles. The van der Waals surface area contributed by atoms with Gasteiger partial charge in [0.15, 0.2) is 11.5 Å². The Morgan fingerprint density at radius 1 is 1.21 bits per heavy atom. The predicted molar refractivity (Wildman–Crippen MR) is 87.4 cm³/mol. The number of carboxylic acid groups (broad SMARTS) is 1. The number of amides is 1. The molecule has 6 nitrogen and oxygen atoms in total. The van der Waals surface area contributed by atoms with E-state index in [1.807, 2.05) is 6.07 Å². The van der Waals surface area contributed by atoms with Gasteiger partial charge in [0.05, 0.1) is 10.9 Å². The van der Waals surface area contributed by atoms with Crippen molar-refractivity contribution in [3.63, 3.8) is 0 Å². The van der Waals surface area contributed by atoms with Crippen LogP contribution in [0.4, 0.5) is 0 Å². The number of nitrogens with one attached hydrogen (secondary N) is 1. The van der Waals surface area contributed by atoms with E-state index in [0.717, 1.165) is 18.4 Å². The number of carbonyl (C=O) groups excluding carboxylic acids is 1. The van der Waals surface area contributed by atoms with E-state index in [-0.39, 0.29) is 11.8 Å². The van der Waals surface area contributed by atoms with E-state index in [0.29, 0.717) is 49.1 Å². The summed E-state index contributed by atoms with van der Waals surface area (Å²) in [6.45, 7) is 1.26. The zero-order valence-electron chi connectivity index (χ0n) is 13.2. The quantitative estimate of drug-likeness (QED) is 0.869. The molecule has 0 radical (unpaired) electrons. The number of carboxylic acids is 1. The molecule has 1 saturated carbocycles. The minimum absolute atomic E-state index is 0.105. The smallest absolute Gasteiger partial charge is 0.306 e. The summed E-state index contributed by atoms with van der Waals surface area (Å²) in [6.07, 6.45) is 2.56. The average molecular weight is 354 g/mol. The highest BCUT2D eigenvalue weighted by Crippen LogP contribution is 2.38. The maximum Gasteiger partial charge on any atom is 0.306 e. The number of ether oxygens (including phenoxy) is 2. The fourth-order valence-electron chi connectivity index (χ4n) is 3.25. The fraction of sp³-hybridized carbons (Fsp3) is 0.529. The van der Waals surface area contributed by atoms with Crippen molar-refractivity contribution >= 4 is 23.5 Å². The predicted octanol–water partition coefficient (Wildman–Crippen LogP) is 2.62. The van der Waals surface area contributed by atoms with Crippen molar-refractivity contribution in [2.75, 3.05) is 13.2 Å². The van der Waals surface area contributed by atoms with E-state index in [9.17, 15) is 9.59 Å². The van der Waals surface area contributed by atoms with Gasteiger partial charge in [-0.1, -0.05) is 18.0 Å². The van der Waals surface area contributed by atoms with Crippen molar-refractivity contribution in [2.24, 2.45) is 11.8 Å². The SMILES string of the molecule is O=C(O)C1CCCC(C(=O)NCc2cc(Cl)c3c(c2)OCCO3)C1. The van der Waals surface area contributed by atoms with Crippen LogP contribution in [0, 0.1) is 11.8 Å². The molecule has 2 aliphatic rings. The number of hydrogen-bond acceptors (Lipinski definition) is 4. The molecule has 1 aromatic carbocycles. The summed E-state index contributed by atoms with van der Waals surface area (Å²) < 4.78 is 11.0. The number of fused-ring (bicyclic) bond motifs is 1. The Morgan fingerprint density at radius 3 is 2.75 bits per heavy atom. The van der Waals surface area contributed by atoms with E-state index >= 15 is 0 Å². The first-order chi connectivity index (χ1) is 11.5. The van der Waals surface area contributed by atoms with Crippen LogP contribution in [0.3, 0.4) is 0 Å². The van der Waals surface area contributed by atoms with E-state index in [1.165, 1.54) is 0 Å². The second-order valence-electron chi connectivity index (χ2n) is 6.22. The lowest BCUT2D eigenvalue weighted by molar-refractivity contribution is -0.144. The summed E-state index contributed by atoms with van der Waals surface area (Å²) in [5, 5.41) is 12.5. The van der Waals surface area contributed by atoms with Gasteiger partial charge in [0.25, 0.3) is 0 Å². The molecule has 0 spiro atoms. The Labute approximate surface area is 145 Å². The number of rotatable bonds is 4. The lowest BCUT2D eigenvalue weighted by atomic mass is 9.81. The van der Waals surface area contributed by atoms with E-state index in [2.05, 4.69) is 5.32 Å². The van der Waals surface area contributed by atoms with Crippen molar-refractivity contribution in [3.05, 3.63) is 22.7 Å². The number of halogens is 1. The van der Waals surface area contributed by atoms with Gasteiger partial charge in [-0.2, -0.15) is 0 Å². The van der Waals surface area contributed by atoms with Gasteiger partial charge in [0.1, 0.15) is 13.2 Å². The number of benzene rings is 1. The molecule has 130 valence electrons. The van der Waals surface area contributed by atoms with Crippen LogP contribution < -0.4 is 14.8 Å². The summed E-state index contributed by atoms with van der Waals surface area (Å²) in [5.74, 6) is -0.458. The van der Waals surface area contributed by atoms with Crippen LogP contribution in [0.25, 0.3) is 0 Å². The topological polar surface area (TPSA) is 84.9 Å². The van der Waals surface area contributed by atoms with Crippen molar-refractivity contribution < 1.29 is 24.2 Å². The number of carbonyl (C=O) groups is 2. The zero-order chi connectivity index (χ0) is 17.1. The van der Waals surface area contributed by atoms with Crippen LogP contribution in [0.2, 0.25) is 5.02 Å². The number of hydrogen-bond donors (Lipinski definition) is 2. The molecule has 2 atom stereocenters. The van der Waals surface area contributed by atoms with Gasteiger partial charge < -0.3 is 19.9 Å². The van der Waals surface area contributed by atoms with Gasteiger partial charge in [-0.05, 0) is 37.0 Å². The highest BCUT2D eigenvalue weighted by molar-refractivity contribution is 6.32. The van der Waals surface area contributed by atoms with Crippen LogP contribution in [-0.2, 0) is 16.1 Å². The minimum atomic E-state index is -0.814. The maximum absolute atomic E-state index is 12.3. The molecule has 0 bridgehead atoms. The summed E-state index contributed by atoms with van der Waals surface area (Å²) in [4.78, 5) is 23.4. The normalized spacial score (nSPS) is 22.7. The summed E-state index contributed by atoms with van der Waals surface area (Å²) in [6, 6.07) is 3.55. The molecule has 1 aromatic rings. The minimum Gasteiger partial charge on any atom is -0.486 e. The van der Waals surface area contributed by atoms with E-state index in [1.54, 1.807) is 6.07 Å². The molecule has 24 heavy (non-hydrogen) atoms. The molecule has 1 amide bonds.